The summed E-state index contributed by atoms with van der Waals surface area (Å²) in [4.78, 5) is 23.1. The van der Waals surface area contributed by atoms with Gasteiger partial charge in [0.2, 0.25) is 0 Å². The van der Waals surface area contributed by atoms with Crippen LogP contribution in [0.15, 0.2) is 48.7 Å². The summed E-state index contributed by atoms with van der Waals surface area (Å²) in [5.41, 5.74) is 2.49. The first-order valence-electron chi connectivity index (χ1n) is 8.76. The standard InChI is InChI=1S/C19H21N5O3/c1-3-4-11-20-19(25)18-13-16(17-6-5-12-22(17)2)21-23(18)14-7-9-15(10-8-14)24(26)27/h5-10,12-13H,3-4,11H2,1-2H3,(H,20,25). The molecule has 0 radical (unpaired) electrons. The van der Waals surface area contributed by atoms with Crippen LogP contribution < -0.4 is 5.32 Å². The molecule has 8 heteroatoms. The van der Waals surface area contributed by atoms with Gasteiger partial charge in [0, 0.05) is 31.9 Å². The Morgan fingerprint density at radius 1 is 1.26 bits per heavy atom. The summed E-state index contributed by atoms with van der Waals surface area (Å²) in [6.45, 7) is 2.64. The van der Waals surface area contributed by atoms with Gasteiger partial charge in [-0.05, 0) is 36.8 Å². The molecule has 3 rings (SSSR count). The number of amides is 1. The number of hydrogen-bond donors (Lipinski definition) is 1. The van der Waals surface area contributed by atoms with Crippen LogP contribution in [0.3, 0.4) is 0 Å². The van der Waals surface area contributed by atoms with E-state index in [-0.39, 0.29) is 11.6 Å². The molecule has 0 aliphatic carbocycles. The van der Waals surface area contributed by atoms with Gasteiger partial charge >= 0.3 is 0 Å². The van der Waals surface area contributed by atoms with Crippen molar-refractivity contribution in [2.45, 2.75) is 19.8 Å². The van der Waals surface area contributed by atoms with Gasteiger partial charge in [-0.15, -0.1) is 0 Å². The zero-order valence-electron chi connectivity index (χ0n) is 15.3. The van der Waals surface area contributed by atoms with E-state index in [9.17, 15) is 14.9 Å². The summed E-state index contributed by atoms with van der Waals surface area (Å²) in [6, 6.07) is 11.5. The van der Waals surface area contributed by atoms with Crippen molar-refractivity contribution in [3.8, 4) is 17.1 Å². The minimum absolute atomic E-state index is 0.0116. The monoisotopic (exact) mass is 367 g/mol. The van der Waals surface area contributed by atoms with Gasteiger partial charge in [-0.3, -0.25) is 14.9 Å². The number of unbranched alkanes of at least 4 members (excludes halogenated alkanes) is 1. The number of benzene rings is 1. The normalized spacial score (nSPS) is 10.7. The minimum Gasteiger partial charge on any atom is -0.351 e. The second-order valence-corrected chi connectivity index (χ2v) is 6.21. The highest BCUT2D eigenvalue weighted by Gasteiger charge is 2.19. The maximum Gasteiger partial charge on any atom is 0.270 e. The van der Waals surface area contributed by atoms with Gasteiger partial charge in [0.05, 0.1) is 16.3 Å². The Balaban J connectivity index is 2.02. The van der Waals surface area contributed by atoms with E-state index in [0.717, 1.165) is 18.5 Å². The third kappa shape index (κ3) is 3.89. The van der Waals surface area contributed by atoms with E-state index in [4.69, 9.17) is 0 Å². The molecule has 0 bridgehead atoms. The molecule has 0 unspecified atom stereocenters. The van der Waals surface area contributed by atoms with Crippen LogP contribution in [-0.4, -0.2) is 31.7 Å². The maximum atomic E-state index is 12.7. The second kappa shape index (κ2) is 7.86. The molecule has 0 saturated carbocycles. The van der Waals surface area contributed by atoms with E-state index >= 15 is 0 Å². The van der Waals surface area contributed by atoms with Crippen LogP contribution >= 0.6 is 0 Å². The van der Waals surface area contributed by atoms with E-state index in [2.05, 4.69) is 17.3 Å². The number of aryl methyl sites for hydroxylation is 1. The smallest absolute Gasteiger partial charge is 0.270 e. The minimum atomic E-state index is -0.458. The van der Waals surface area contributed by atoms with Crippen LogP contribution in [0.5, 0.6) is 0 Å². The van der Waals surface area contributed by atoms with Crippen molar-refractivity contribution in [3.05, 3.63) is 64.5 Å². The first-order chi connectivity index (χ1) is 13.0. The molecule has 8 nitrogen and oxygen atoms in total. The second-order valence-electron chi connectivity index (χ2n) is 6.21. The summed E-state index contributed by atoms with van der Waals surface area (Å²) in [7, 11) is 1.90. The fourth-order valence-electron chi connectivity index (χ4n) is 2.78. The molecule has 2 heterocycles. The number of hydrogen-bond acceptors (Lipinski definition) is 4. The fraction of sp³-hybridized carbons (Fsp3) is 0.263. The van der Waals surface area contributed by atoms with Gasteiger partial charge < -0.3 is 9.88 Å². The van der Waals surface area contributed by atoms with Crippen LogP contribution in [-0.2, 0) is 7.05 Å². The molecule has 0 atom stereocenters. The largest absolute Gasteiger partial charge is 0.351 e. The van der Waals surface area contributed by atoms with Crippen LogP contribution in [0.1, 0.15) is 30.3 Å². The fourth-order valence-corrected chi connectivity index (χ4v) is 2.78. The third-order valence-electron chi connectivity index (χ3n) is 4.27. The molecule has 0 saturated heterocycles. The van der Waals surface area contributed by atoms with Crippen molar-refractivity contribution in [2.75, 3.05) is 6.54 Å². The molecular weight excluding hydrogens is 346 g/mol. The molecule has 2 aromatic heterocycles. The molecule has 1 aromatic carbocycles. The van der Waals surface area contributed by atoms with Gasteiger partial charge in [0.25, 0.3) is 11.6 Å². The van der Waals surface area contributed by atoms with E-state index in [1.807, 2.05) is 29.9 Å². The van der Waals surface area contributed by atoms with Gasteiger partial charge in [-0.25, -0.2) is 4.68 Å². The Bertz CT molecular complexity index is 956. The molecule has 0 fully saturated rings. The van der Waals surface area contributed by atoms with Crippen LogP contribution in [0.25, 0.3) is 17.1 Å². The van der Waals surface area contributed by atoms with Gasteiger partial charge in [0.15, 0.2) is 0 Å². The summed E-state index contributed by atoms with van der Waals surface area (Å²) in [5, 5.41) is 18.4. The molecular formula is C19H21N5O3. The number of carbonyl (C=O) groups is 1. The van der Waals surface area contributed by atoms with Crippen LogP contribution in [0, 0.1) is 10.1 Å². The van der Waals surface area contributed by atoms with Crippen molar-refractivity contribution in [3.63, 3.8) is 0 Å². The van der Waals surface area contributed by atoms with Gasteiger partial charge in [-0.2, -0.15) is 5.10 Å². The molecule has 0 aliphatic heterocycles. The number of nitro benzene ring substituents is 1. The SMILES string of the molecule is CCCCNC(=O)c1cc(-c2cccn2C)nn1-c1ccc([N+](=O)[O-])cc1. The average Bonchev–Trinajstić information content (AvgIpc) is 3.28. The lowest BCUT2D eigenvalue weighted by Crippen LogP contribution is -2.26. The molecule has 0 aliphatic rings. The molecule has 3 aromatic rings. The van der Waals surface area contributed by atoms with Crippen molar-refractivity contribution >= 4 is 11.6 Å². The number of nitro groups is 1. The van der Waals surface area contributed by atoms with E-state index < -0.39 is 4.92 Å². The molecule has 0 spiro atoms. The molecule has 27 heavy (non-hydrogen) atoms. The predicted octanol–water partition coefficient (Wildman–Crippen LogP) is 3.32. The van der Waals surface area contributed by atoms with Crippen molar-refractivity contribution in [2.24, 2.45) is 7.05 Å². The number of aromatic nitrogens is 3. The first kappa shape index (κ1) is 18.4. The topological polar surface area (TPSA) is 95.0 Å². The summed E-state index contributed by atoms with van der Waals surface area (Å²) >= 11 is 0. The lowest BCUT2D eigenvalue weighted by atomic mass is 10.2. The number of non-ortho nitro benzene ring substituents is 1. The number of nitrogens with one attached hydrogen (secondary N) is 1. The Morgan fingerprint density at radius 3 is 2.59 bits per heavy atom. The first-order valence-corrected chi connectivity index (χ1v) is 8.76. The Labute approximate surface area is 156 Å². The summed E-state index contributed by atoms with van der Waals surface area (Å²) < 4.78 is 3.44. The van der Waals surface area contributed by atoms with Crippen molar-refractivity contribution in [1.29, 1.82) is 0 Å². The quantitative estimate of drug-likeness (QED) is 0.394. The van der Waals surface area contributed by atoms with Crippen molar-refractivity contribution in [1.82, 2.24) is 19.7 Å². The highest BCUT2D eigenvalue weighted by molar-refractivity contribution is 5.94. The summed E-state index contributed by atoms with van der Waals surface area (Å²) in [6.07, 6.45) is 3.78. The van der Waals surface area contributed by atoms with Gasteiger partial charge in [0.1, 0.15) is 11.4 Å². The van der Waals surface area contributed by atoms with E-state index in [0.29, 0.717) is 23.6 Å². The molecule has 140 valence electrons. The maximum absolute atomic E-state index is 12.7. The highest BCUT2D eigenvalue weighted by Crippen LogP contribution is 2.23. The lowest BCUT2D eigenvalue weighted by molar-refractivity contribution is -0.384. The van der Waals surface area contributed by atoms with Gasteiger partial charge in [-0.1, -0.05) is 13.3 Å². The molecule has 1 amide bonds. The predicted molar refractivity (Wildman–Crippen MR) is 102 cm³/mol. The lowest BCUT2D eigenvalue weighted by Gasteiger charge is -2.08. The third-order valence-corrected chi connectivity index (χ3v) is 4.27. The summed E-state index contributed by atoms with van der Waals surface area (Å²) in [5.74, 6) is -0.227. The Kier molecular flexibility index (Phi) is 5.35. The Hall–Kier alpha value is -3.42. The zero-order valence-corrected chi connectivity index (χ0v) is 15.3. The highest BCUT2D eigenvalue weighted by atomic mass is 16.6. The average molecular weight is 367 g/mol. The van der Waals surface area contributed by atoms with Crippen LogP contribution in [0.2, 0.25) is 0 Å². The van der Waals surface area contributed by atoms with Crippen LogP contribution in [0.4, 0.5) is 5.69 Å². The van der Waals surface area contributed by atoms with E-state index in [1.165, 1.54) is 16.8 Å². The zero-order chi connectivity index (χ0) is 19.4. The van der Waals surface area contributed by atoms with E-state index in [1.54, 1.807) is 18.2 Å². The number of rotatable bonds is 7. The number of carbonyl (C=O) groups excluding carboxylic acids is 1. The molecule has 1 N–H and O–H groups in total. The van der Waals surface area contributed by atoms with Crippen molar-refractivity contribution < 1.29 is 9.72 Å². The number of nitrogens with zero attached hydrogens (tertiary/aromatic N) is 4. The Morgan fingerprint density at radius 2 is 2.00 bits per heavy atom.